The number of rotatable bonds is 12. The van der Waals surface area contributed by atoms with Crippen LogP contribution in [0.4, 0.5) is 0 Å². The van der Waals surface area contributed by atoms with Gasteiger partial charge in [0.15, 0.2) is 0 Å². The van der Waals surface area contributed by atoms with Crippen LogP contribution in [0.5, 0.6) is 0 Å². The lowest BCUT2D eigenvalue weighted by atomic mass is 10.0. The first-order valence-electron chi connectivity index (χ1n) is 12.4. The number of aryl methyl sites for hydroxylation is 3. The summed E-state index contributed by atoms with van der Waals surface area (Å²) in [5.74, 6) is -0.0209. The molecule has 0 aliphatic rings. The Morgan fingerprint density at radius 2 is 1.47 bits per heavy atom. The van der Waals surface area contributed by atoms with Crippen LogP contribution in [0.3, 0.4) is 0 Å². The Kier molecular flexibility index (Phi) is 19.7. The van der Waals surface area contributed by atoms with E-state index in [4.69, 9.17) is 0 Å². The second kappa shape index (κ2) is 21.7. The third-order valence-corrected chi connectivity index (χ3v) is 5.14. The lowest BCUT2D eigenvalue weighted by Gasteiger charge is -2.04. The fraction of sp³-hybridized carbons (Fsp3) is 0.419. The number of aliphatic imine (C=N–C) groups is 1. The topological polar surface area (TPSA) is 41.5 Å². The van der Waals surface area contributed by atoms with E-state index in [1.807, 2.05) is 50.3 Å². The van der Waals surface area contributed by atoms with Gasteiger partial charge in [0.2, 0.25) is 0 Å². The molecule has 2 aromatic rings. The van der Waals surface area contributed by atoms with Crippen molar-refractivity contribution < 1.29 is 4.79 Å². The van der Waals surface area contributed by atoms with Gasteiger partial charge in [0.1, 0.15) is 0 Å². The first-order chi connectivity index (χ1) is 16.6. The van der Waals surface area contributed by atoms with Gasteiger partial charge in [-0.2, -0.15) is 0 Å². The monoisotopic (exact) mass is 460 g/mol. The maximum absolute atomic E-state index is 11.7. The molecule has 3 heteroatoms. The number of amides is 1. The van der Waals surface area contributed by atoms with Gasteiger partial charge >= 0.3 is 0 Å². The van der Waals surface area contributed by atoms with Crippen molar-refractivity contribution in [2.75, 3.05) is 13.1 Å². The van der Waals surface area contributed by atoms with E-state index in [1.165, 1.54) is 49.7 Å². The van der Waals surface area contributed by atoms with Crippen LogP contribution in [0.25, 0.3) is 0 Å². The standard InChI is InChI=1S/C15H20N2O.C14H22.C2H2/c1-3-4-10-16-11-5-12-17-15(18)14-8-6-13(2)7-9-14;1-3-4-5-6-7-8-14-11-9-13(2)10-12-14;1-2/h3-4,6-10H,5,11-12H2,1-2H3,(H,17,18);9-12H,3-8H2,1-2H3;1-2H/b4-3-,16-10?;;. The summed E-state index contributed by atoms with van der Waals surface area (Å²) in [5.41, 5.74) is 4.72. The largest absolute Gasteiger partial charge is 0.352 e. The molecule has 0 fully saturated rings. The second-order valence-corrected chi connectivity index (χ2v) is 8.21. The number of benzene rings is 2. The third-order valence-electron chi connectivity index (χ3n) is 5.14. The predicted molar refractivity (Wildman–Crippen MR) is 150 cm³/mol. The predicted octanol–water partition coefficient (Wildman–Crippen LogP) is 7.52. The zero-order chi connectivity index (χ0) is 25.4. The van der Waals surface area contributed by atoms with E-state index in [9.17, 15) is 4.79 Å². The van der Waals surface area contributed by atoms with Crippen LogP contribution < -0.4 is 5.32 Å². The van der Waals surface area contributed by atoms with Crippen molar-refractivity contribution >= 4 is 12.1 Å². The maximum atomic E-state index is 11.7. The number of unbranched alkanes of at least 4 members (excludes halogenated alkanes) is 4. The van der Waals surface area contributed by atoms with E-state index in [0.29, 0.717) is 12.1 Å². The summed E-state index contributed by atoms with van der Waals surface area (Å²) in [6, 6.07) is 16.5. The van der Waals surface area contributed by atoms with Gasteiger partial charge in [-0.15, -0.1) is 12.8 Å². The van der Waals surface area contributed by atoms with Crippen LogP contribution in [0.1, 0.15) is 79.4 Å². The first-order valence-corrected chi connectivity index (χ1v) is 12.4. The van der Waals surface area contributed by atoms with Crippen LogP contribution in [-0.2, 0) is 6.42 Å². The highest BCUT2D eigenvalue weighted by Gasteiger charge is 2.02. The molecule has 0 aliphatic heterocycles. The number of hydrogen-bond donors (Lipinski definition) is 1. The van der Waals surface area contributed by atoms with Crippen LogP contribution in [0, 0.1) is 26.7 Å². The van der Waals surface area contributed by atoms with Gasteiger partial charge in [-0.05, 0) is 63.8 Å². The van der Waals surface area contributed by atoms with Crippen molar-refractivity contribution in [3.8, 4) is 12.8 Å². The van der Waals surface area contributed by atoms with Crippen molar-refractivity contribution in [1.82, 2.24) is 5.32 Å². The van der Waals surface area contributed by atoms with E-state index < -0.39 is 0 Å². The second-order valence-electron chi connectivity index (χ2n) is 8.21. The molecule has 0 radical (unpaired) electrons. The number of allylic oxidation sites excluding steroid dienone is 2. The average Bonchev–Trinajstić information content (AvgIpc) is 2.86. The number of nitrogens with one attached hydrogen (secondary N) is 1. The molecule has 3 nitrogen and oxygen atoms in total. The van der Waals surface area contributed by atoms with Gasteiger partial charge in [-0.3, -0.25) is 9.79 Å². The highest BCUT2D eigenvalue weighted by atomic mass is 16.1. The molecule has 2 aromatic carbocycles. The zero-order valence-corrected chi connectivity index (χ0v) is 21.7. The van der Waals surface area contributed by atoms with Crippen LogP contribution in [0.15, 0.2) is 65.7 Å². The van der Waals surface area contributed by atoms with Gasteiger partial charge in [-0.1, -0.05) is 86.2 Å². The normalized spacial score (nSPS) is 10.3. The zero-order valence-electron chi connectivity index (χ0n) is 21.7. The summed E-state index contributed by atoms with van der Waals surface area (Å²) in [4.78, 5) is 15.9. The molecule has 0 spiro atoms. The Balaban J connectivity index is 0.000000613. The molecular formula is C31H44N2O. The number of hydrogen-bond acceptors (Lipinski definition) is 2. The van der Waals surface area contributed by atoms with E-state index in [2.05, 4.69) is 61.3 Å². The molecule has 0 heterocycles. The fourth-order valence-electron chi connectivity index (χ4n) is 3.09. The molecule has 1 N–H and O–H groups in total. The van der Waals surface area contributed by atoms with Gasteiger partial charge in [0.25, 0.3) is 5.91 Å². The Bertz CT molecular complexity index is 830. The molecule has 0 aliphatic carbocycles. The van der Waals surface area contributed by atoms with Crippen LogP contribution in [-0.4, -0.2) is 25.2 Å². The maximum Gasteiger partial charge on any atom is 0.251 e. The third kappa shape index (κ3) is 16.5. The lowest BCUT2D eigenvalue weighted by Crippen LogP contribution is -2.24. The summed E-state index contributed by atoms with van der Waals surface area (Å²) in [6.45, 7) is 9.75. The van der Waals surface area contributed by atoms with E-state index >= 15 is 0 Å². The van der Waals surface area contributed by atoms with Crippen LogP contribution in [0.2, 0.25) is 0 Å². The van der Waals surface area contributed by atoms with Gasteiger partial charge < -0.3 is 5.32 Å². The Morgan fingerprint density at radius 3 is 2.06 bits per heavy atom. The summed E-state index contributed by atoms with van der Waals surface area (Å²) in [7, 11) is 0. The molecule has 2 rings (SSSR count). The summed E-state index contributed by atoms with van der Waals surface area (Å²) >= 11 is 0. The quantitative estimate of drug-likeness (QED) is 0.199. The van der Waals surface area contributed by atoms with E-state index in [-0.39, 0.29) is 5.91 Å². The molecule has 184 valence electrons. The number of nitrogens with zero attached hydrogens (tertiary/aromatic N) is 1. The Labute approximate surface area is 208 Å². The molecule has 0 saturated heterocycles. The molecule has 34 heavy (non-hydrogen) atoms. The Hall–Kier alpha value is -3.12. The minimum absolute atomic E-state index is 0.0209. The summed E-state index contributed by atoms with van der Waals surface area (Å²) < 4.78 is 0. The van der Waals surface area contributed by atoms with Crippen LogP contribution >= 0.6 is 0 Å². The van der Waals surface area contributed by atoms with Gasteiger partial charge in [0, 0.05) is 24.9 Å². The fourth-order valence-corrected chi connectivity index (χ4v) is 3.09. The van der Waals surface area contributed by atoms with Gasteiger partial charge in [0.05, 0.1) is 0 Å². The van der Waals surface area contributed by atoms with Crippen molar-refractivity contribution in [3.05, 3.63) is 82.9 Å². The number of terminal acetylenes is 1. The van der Waals surface area contributed by atoms with Crippen molar-refractivity contribution in [1.29, 1.82) is 0 Å². The minimum Gasteiger partial charge on any atom is -0.352 e. The van der Waals surface area contributed by atoms with E-state index in [0.717, 1.165) is 18.5 Å². The number of carbonyl (C=O) groups is 1. The molecule has 1 amide bonds. The molecule has 0 saturated carbocycles. The average molecular weight is 461 g/mol. The molecule has 0 atom stereocenters. The minimum atomic E-state index is -0.0209. The highest BCUT2D eigenvalue weighted by molar-refractivity contribution is 5.94. The highest BCUT2D eigenvalue weighted by Crippen LogP contribution is 2.09. The summed E-state index contributed by atoms with van der Waals surface area (Å²) in [5, 5.41) is 2.88. The van der Waals surface area contributed by atoms with Crippen molar-refractivity contribution in [2.45, 2.75) is 72.6 Å². The SMILES string of the molecule is C#C.C/C=C\C=NCCCNC(=O)c1ccc(C)cc1.CCCCCCCc1ccc(C)cc1. The van der Waals surface area contributed by atoms with Gasteiger partial charge in [-0.25, -0.2) is 0 Å². The molecule has 0 aromatic heterocycles. The number of carbonyl (C=O) groups excluding carboxylic acids is 1. The van der Waals surface area contributed by atoms with Crippen molar-refractivity contribution in [2.24, 2.45) is 4.99 Å². The van der Waals surface area contributed by atoms with Crippen molar-refractivity contribution in [3.63, 3.8) is 0 Å². The Morgan fingerprint density at radius 1 is 0.882 bits per heavy atom. The lowest BCUT2D eigenvalue weighted by molar-refractivity contribution is 0.0953. The molecule has 0 bridgehead atoms. The smallest absolute Gasteiger partial charge is 0.251 e. The summed E-state index contributed by atoms with van der Waals surface area (Å²) in [6.07, 6.45) is 22.6. The molecule has 0 unspecified atom stereocenters. The molecular weight excluding hydrogens is 416 g/mol. The first kappa shape index (κ1) is 30.9. The van der Waals surface area contributed by atoms with E-state index in [1.54, 1.807) is 6.21 Å².